The lowest BCUT2D eigenvalue weighted by atomic mass is 10.0. The zero-order valence-corrected chi connectivity index (χ0v) is 13.4. The molecule has 1 saturated heterocycles. The summed E-state index contributed by atoms with van der Waals surface area (Å²) in [5.74, 6) is 0. The molecule has 2 unspecified atom stereocenters. The summed E-state index contributed by atoms with van der Waals surface area (Å²) in [5, 5.41) is 7.34. The molecule has 1 fully saturated rings. The van der Waals surface area contributed by atoms with Crippen molar-refractivity contribution in [2.45, 2.75) is 38.3 Å². The fourth-order valence-electron chi connectivity index (χ4n) is 2.75. The number of piperidine rings is 1. The maximum absolute atomic E-state index is 12.3. The fourth-order valence-corrected chi connectivity index (χ4v) is 3.46. The van der Waals surface area contributed by atoms with Gasteiger partial charge in [0.1, 0.15) is 0 Å². The van der Waals surface area contributed by atoms with Crippen LogP contribution < -0.4 is 5.32 Å². The lowest BCUT2D eigenvalue weighted by Gasteiger charge is -2.34. The number of amides is 2. The summed E-state index contributed by atoms with van der Waals surface area (Å²) in [7, 11) is 4.11. The molecule has 1 aromatic rings. The Hall–Kier alpha value is -1.07. The quantitative estimate of drug-likeness (QED) is 0.927. The number of hydrogen-bond donors (Lipinski definition) is 1. The number of nitrogens with zero attached hydrogens (tertiary/aromatic N) is 2. The molecule has 2 rings (SSSR count). The second-order valence-corrected chi connectivity index (χ2v) is 6.54. The number of nitrogens with one attached hydrogen (secondary N) is 1. The van der Waals surface area contributed by atoms with Gasteiger partial charge in [0.2, 0.25) is 0 Å². The van der Waals surface area contributed by atoms with Crippen molar-refractivity contribution >= 4 is 17.4 Å². The van der Waals surface area contributed by atoms with Gasteiger partial charge >= 0.3 is 6.03 Å². The van der Waals surface area contributed by atoms with Gasteiger partial charge in [-0.1, -0.05) is 0 Å². The van der Waals surface area contributed by atoms with Crippen molar-refractivity contribution in [3.63, 3.8) is 0 Å². The molecule has 1 aliphatic rings. The lowest BCUT2D eigenvalue weighted by molar-refractivity contribution is 0.155. The van der Waals surface area contributed by atoms with Crippen molar-refractivity contribution in [3.05, 3.63) is 22.4 Å². The molecule has 1 aromatic heterocycles. The molecule has 0 spiro atoms. The van der Waals surface area contributed by atoms with E-state index in [-0.39, 0.29) is 12.1 Å². The highest BCUT2D eigenvalue weighted by Gasteiger charge is 2.24. The molecule has 2 atom stereocenters. The first-order chi connectivity index (χ1) is 9.59. The van der Waals surface area contributed by atoms with E-state index in [0.717, 1.165) is 19.4 Å². The Morgan fingerprint density at radius 1 is 1.55 bits per heavy atom. The predicted octanol–water partition coefficient (Wildman–Crippen LogP) is 2.93. The van der Waals surface area contributed by atoms with Crippen molar-refractivity contribution in [1.29, 1.82) is 0 Å². The van der Waals surface area contributed by atoms with E-state index in [2.05, 4.69) is 48.1 Å². The average molecular weight is 295 g/mol. The summed E-state index contributed by atoms with van der Waals surface area (Å²) in [5.41, 5.74) is 1.27. The molecule has 0 saturated carbocycles. The third-order valence-electron chi connectivity index (χ3n) is 4.06. The minimum Gasteiger partial charge on any atom is -0.336 e. The Balaban J connectivity index is 1.90. The molecule has 1 N–H and O–H groups in total. The van der Waals surface area contributed by atoms with Gasteiger partial charge in [-0.3, -0.25) is 0 Å². The Morgan fingerprint density at radius 2 is 2.35 bits per heavy atom. The number of carbonyl (C=O) groups is 1. The molecule has 2 amide bonds. The van der Waals surface area contributed by atoms with Gasteiger partial charge in [0.25, 0.3) is 0 Å². The fraction of sp³-hybridized carbons (Fsp3) is 0.667. The smallest absolute Gasteiger partial charge is 0.317 e. The molecule has 0 radical (unpaired) electrons. The molecule has 1 aliphatic heterocycles. The van der Waals surface area contributed by atoms with Gasteiger partial charge in [0.15, 0.2) is 0 Å². The van der Waals surface area contributed by atoms with Crippen LogP contribution in [0, 0.1) is 0 Å². The maximum Gasteiger partial charge on any atom is 0.317 e. The van der Waals surface area contributed by atoms with E-state index in [1.807, 2.05) is 4.90 Å². The second-order valence-electron chi connectivity index (χ2n) is 5.76. The zero-order chi connectivity index (χ0) is 14.5. The van der Waals surface area contributed by atoms with Crippen molar-refractivity contribution in [3.8, 4) is 0 Å². The van der Waals surface area contributed by atoms with E-state index in [9.17, 15) is 4.79 Å². The Kier molecular flexibility index (Phi) is 5.43. The van der Waals surface area contributed by atoms with E-state index >= 15 is 0 Å². The summed E-state index contributed by atoms with van der Waals surface area (Å²) in [6, 6.07) is 2.82. The van der Waals surface area contributed by atoms with Crippen LogP contribution in [0.25, 0.3) is 0 Å². The Labute approximate surface area is 125 Å². The molecule has 20 heavy (non-hydrogen) atoms. The molecule has 112 valence electrons. The van der Waals surface area contributed by atoms with Gasteiger partial charge in [0.05, 0.1) is 6.04 Å². The largest absolute Gasteiger partial charge is 0.336 e. The average Bonchev–Trinajstić information content (AvgIpc) is 2.92. The molecule has 0 aliphatic carbocycles. The van der Waals surface area contributed by atoms with Crippen LogP contribution in [-0.2, 0) is 0 Å². The van der Waals surface area contributed by atoms with Crippen LogP contribution in [0.15, 0.2) is 16.8 Å². The molecule has 0 aromatic carbocycles. The highest BCUT2D eigenvalue weighted by molar-refractivity contribution is 7.07. The molecule has 5 heteroatoms. The molecule has 2 heterocycles. The first kappa shape index (κ1) is 15.3. The SMILES string of the molecule is CC1CCCCN1C(=O)NCC(c1ccsc1)N(C)C. The topological polar surface area (TPSA) is 35.6 Å². The summed E-state index contributed by atoms with van der Waals surface area (Å²) in [4.78, 5) is 16.4. The summed E-state index contributed by atoms with van der Waals surface area (Å²) >= 11 is 1.70. The first-order valence-electron chi connectivity index (χ1n) is 7.32. The number of likely N-dealkylation sites (tertiary alicyclic amines) is 1. The predicted molar refractivity (Wildman–Crippen MR) is 84.2 cm³/mol. The molecular weight excluding hydrogens is 270 g/mol. The molecular formula is C15H25N3OS. The van der Waals surface area contributed by atoms with Crippen LogP contribution in [-0.4, -0.2) is 49.1 Å². The molecule has 0 bridgehead atoms. The number of thiophene rings is 1. The minimum atomic E-state index is 0.0827. The van der Waals surface area contributed by atoms with Gasteiger partial charge in [-0.05, 0) is 62.7 Å². The van der Waals surface area contributed by atoms with Crippen LogP contribution in [0.5, 0.6) is 0 Å². The third kappa shape index (κ3) is 3.73. The van der Waals surface area contributed by atoms with Gasteiger partial charge < -0.3 is 15.1 Å². The van der Waals surface area contributed by atoms with Crippen LogP contribution in [0.2, 0.25) is 0 Å². The van der Waals surface area contributed by atoms with E-state index < -0.39 is 0 Å². The number of carbonyl (C=O) groups excluding carboxylic acids is 1. The van der Waals surface area contributed by atoms with E-state index in [1.165, 1.54) is 12.0 Å². The second kappa shape index (κ2) is 7.09. The van der Waals surface area contributed by atoms with E-state index in [0.29, 0.717) is 12.6 Å². The summed E-state index contributed by atoms with van der Waals surface area (Å²) in [6.45, 7) is 3.69. The summed E-state index contributed by atoms with van der Waals surface area (Å²) < 4.78 is 0. The highest BCUT2D eigenvalue weighted by atomic mass is 32.1. The number of rotatable bonds is 4. The van der Waals surface area contributed by atoms with Crippen LogP contribution in [0.1, 0.15) is 37.8 Å². The van der Waals surface area contributed by atoms with Crippen molar-refractivity contribution in [1.82, 2.24) is 15.1 Å². The zero-order valence-electron chi connectivity index (χ0n) is 12.6. The Morgan fingerprint density at radius 3 is 2.95 bits per heavy atom. The monoisotopic (exact) mass is 295 g/mol. The number of hydrogen-bond acceptors (Lipinski definition) is 3. The number of urea groups is 1. The van der Waals surface area contributed by atoms with E-state index in [1.54, 1.807) is 11.3 Å². The van der Waals surface area contributed by atoms with Crippen LogP contribution >= 0.6 is 11.3 Å². The van der Waals surface area contributed by atoms with Crippen LogP contribution in [0.4, 0.5) is 4.79 Å². The standard InChI is InChI=1S/C15H25N3OS/c1-12-6-4-5-8-18(12)15(19)16-10-14(17(2)3)13-7-9-20-11-13/h7,9,11-12,14H,4-6,8,10H2,1-3H3,(H,16,19). The van der Waals surface area contributed by atoms with Crippen molar-refractivity contribution < 1.29 is 4.79 Å². The van der Waals surface area contributed by atoms with Gasteiger partial charge in [-0.2, -0.15) is 11.3 Å². The first-order valence-corrected chi connectivity index (χ1v) is 8.27. The van der Waals surface area contributed by atoms with Crippen molar-refractivity contribution in [2.75, 3.05) is 27.2 Å². The maximum atomic E-state index is 12.3. The summed E-state index contributed by atoms with van der Waals surface area (Å²) in [6.07, 6.45) is 3.48. The Bertz CT molecular complexity index is 419. The number of likely N-dealkylation sites (N-methyl/N-ethyl adjacent to an activating group) is 1. The normalized spacial score (nSPS) is 21.0. The van der Waals surface area contributed by atoms with Gasteiger partial charge in [0, 0.05) is 19.1 Å². The molecule has 4 nitrogen and oxygen atoms in total. The van der Waals surface area contributed by atoms with Gasteiger partial charge in [-0.25, -0.2) is 4.79 Å². The van der Waals surface area contributed by atoms with Gasteiger partial charge in [-0.15, -0.1) is 0 Å². The highest BCUT2D eigenvalue weighted by Crippen LogP contribution is 2.21. The third-order valence-corrected chi connectivity index (χ3v) is 4.76. The van der Waals surface area contributed by atoms with E-state index in [4.69, 9.17) is 0 Å². The van der Waals surface area contributed by atoms with Crippen molar-refractivity contribution in [2.24, 2.45) is 0 Å². The lowest BCUT2D eigenvalue weighted by Crippen LogP contribution is -2.49. The minimum absolute atomic E-state index is 0.0827. The van der Waals surface area contributed by atoms with Crippen LogP contribution in [0.3, 0.4) is 0 Å².